The Labute approximate surface area is 116 Å². The summed E-state index contributed by atoms with van der Waals surface area (Å²) in [5, 5.41) is 1.63. The predicted molar refractivity (Wildman–Crippen MR) is 73.7 cm³/mol. The summed E-state index contributed by atoms with van der Waals surface area (Å²) in [6.07, 6.45) is 0. The Balaban J connectivity index is 1.99. The SMILES string of the molecule is Clc1ccc([Se][Se]c2cccc(Cl)c2)cc1. The zero-order chi connectivity index (χ0) is 11.4. The molecule has 0 bridgehead atoms. The summed E-state index contributed by atoms with van der Waals surface area (Å²) in [5.41, 5.74) is 0. The van der Waals surface area contributed by atoms with Crippen LogP contribution in [0.4, 0.5) is 0 Å². The van der Waals surface area contributed by atoms with Gasteiger partial charge in [0.2, 0.25) is 0 Å². The van der Waals surface area contributed by atoms with Crippen LogP contribution in [0.3, 0.4) is 0 Å². The van der Waals surface area contributed by atoms with Crippen molar-refractivity contribution in [3.05, 3.63) is 58.6 Å². The van der Waals surface area contributed by atoms with Crippen molar-refractivity contribution in [2.75, 3.05) is 0 Å². The van der Waals surface area contributed by atoms with Crippen LogP contribution in [-0.4, -0.2) is 26.3 Å². The van der Waals surface area contributed by atoms with E-state index in [1.807, 2.05) is 24.3 Å². The van der Waals surface area contributed by atoms with Crippen LogP contribution in [-0.2, 0) is 0 Å². The van der Waals surface area contributed by atoms with Crippen molar-refractivity contribution in [1.29, 1.82) is 0 Å². The van der Waals surface area contributed by atoms with Crippen molar-refractivity contribution >= 4 is 58.4 Å². The second kappa shape index (κ2) is 6.12. The molecule has 0 amide bonds. The standard InChI is InChI=1S/C12H8Cl2Se2/c13-9-4-6-11(7-5-9)15-16-12-3-1-2-10(14)8-12/h1-8H. The minimum absolute atomic E-state index is 0.492. The van der Waals surface area contributed by atoms with Crippen LogP contribution in [0.15, 0.2) is 48.5 Å². The molecule has 0 radical (unpaired) electrons. The van der Waals surface area contributed by atoms with Crippen molar-refractivity contribution in [3.8, 4) is 0 Å². The van der Waals surface area contributed by atoms with Gasteiger partial charge in [-0.15, -0.1) is 0 Å². The zero-order valence-electron chi connectivity index (χ0n) is 8.19. The van der Waals surface area contributed by atoms with Crippen LogP contribution in [0.25, 0.3) is 0 Å². The van der Waals surface area contributed by atoms with E-state index < -0.39 is 0 Å². The molecule has 0 spiro atoms. The van der Waals surface area contributed by atoms with Gasteiger partial charge in [0.05, 0.1) is 0 Å². The summed E-state index contributed by atoms with van der Waals surface area (Å²) in [5.74, 6) is 0. The molecule has 82 valence electrons. The van der Waals surface area contributed by atoms with E-state index in [2.05, 4.69) is 24.3 Å². The first-order chi connectivity index (χ1) is 7.74. The van der Waals surface area contributed by atoms with Gasteiger partial charge in [-0.25, -0.2) is 0 Å². The summed E-state index contributed by atoms with van der Waals surface area (Å²) in [6, 6.07) is 16.2. The van der Waals surface area contributed by atoms with E-state index in [-0.39, 0.29) is 0 Å². The Hall–Kier alpha value is 0.0590. The molecule has 0 N–H and O–H groups in total. The Morgan fingerprint density at radius 1 is 0.688 bits per heavy atom. The van der Waals surface area contributed by atoms with E-state index in [4.69, 9.17) is 23.2 Å². The molecule has 0 aromatic heterocycles. The van der Waals surface area contributed by atoms with Gasteiger partial charge in [-0.2, -0.15) is 0 Å². The number of hydrogen-bond donors (Lipinski definition) is 0. The van der Waals surface area contributed by atoms with Crippen molar-refractivity contribution in [2.24, 2.45) is 0 Å². The number of hydrogen-bond acceptors (Lipinski definition) is 0. The van der Waals surface area contributed by atoms with Crippen LogP contribution < -0.4 is 8.92 Å². The fourth-order valence-corrected chi connectivity index (χ4v) is 7.58. The van der Waals surface area contributed by atoms with Gasteiger partial charge in [0.15, 0.2) is 0 Å². The summed E-state index contributed by atoms with van der Waals surface area (Å²) in [6.45, 7) is 0. The fourth-order valence-electron chi connectivity index (χ4n) is 1.11. The van der Waals surface area contributed by atoms with Crippen LogP contribution in [0.1, 0.15) is 0 Å². The van der Waals surface area contributed by atoms with E-state index in [0.29, 0.717) is 26.3 Å². The van der Waals surface area contributed by atoms with Gasteiger partial charge < -0.3 is 0 Å². The topological polar surface area (TPSA) is 0 Å². The van der Waals surface area contributed by atoms with Crippen LogP contribution in [0.2, 0.25) is 10.0 Å². The molecule has 0 aliphatic heterocycles. The molecular formula is C12H8Cl2Se2. The first kappa shape index (κ1) is 12.5. The molecule has 0 atom stereocenters. The average Bonchev–Trinajstić information content (AvgIpc) is 2.28. The van der Waals surface area contributed by atoms with Gasteiger partial charge in [0, 0.05) is 0 Å². The number of benzene rings is 2. The van der Waals surface area contributed by atoms with Crippen molar-refractivity contribution in [3.63, 3.8) is 0 Å². The molecule has 0 unspecified atom stereocenters. The predicted octanol–water partition coefficient (Wildman–Crippen LogP) is 2.27. The van der Waals surface area contributed by atoms with Gasteiger partial charge in [-0.05, 0) is 0 Å². The average molecular weight is 381 g/mol. The third kappa shape index (κ3) is 3.82. The maximum atomic E-state index is 5.95. The summed E-state index contributed by atoms with van der Waals surface area (Å²) in [7, 11) is 0. The molecular weight excluding hydrogens is 373 g/mol. The zero-order valence-corrected chi connectivity index (χ0v) is 13.1. The Morgan fingerprint density at radius 3 is 2.06 bits per heavy atom. The van der Waals surface area contributed by atoms with Crippen LogP contribution in [0.5, 0.6) is 0 Å². The van der Waals surface area contributed by atoms with E-state index in [0.717, 1.165) is 10.0 Å². The number of halogens is 2. The molecule has 2 aromatic carbocycles. The molecule has 4 heteroatoms. The third-order valence-corrected chi connectivity index (χ3v) is 9.52. The van der Waals surface area contributed by atoms with Gasteiger partial charge in [-0.1, -0.05) is 0 Å². The molecule has 2 aromatic rings. The molecule has 0 aliphatic carbocycles. The van der Waals surface area contributed by atoms with Gasteiger partial charge >= 0.3 is 117 Å². The Kier molecular flexibility index (Phi) is 4.78. The molecule has 2 rings (SSSR count). The first-order valence-electron chi connectivity index (χ1n) is 4.60. The van der Waals surface area contributed by atoms with Crippen molar-refractivity contribution in [1.82, 2.24) is 0 Å². The Morgan fingerprint density at radius 2 is 1.38 bits per heavy atom. The number of rotatable bonds is 3. The monoisotopic (exact) mass is 382 g/mol. The molecule has 0 saturated carbocycles. The summed E-state index contributed by atoms with van der Waals surface area (Å²) in [4.78, 5) is 0. The fraction of sp³-hybridized carbons (Fsp3) is 0. The normalized spacial score (nSPS) is 10.4. The molecule has 16 heavy (non-hydrogen) atoms. The third-order valence-electron chi connectivity index (χ3n) is 1.84. The van der Waals surface area contributed by atoms with Gasteiger partial charge in [0.1, 0.15) is 0 Å². The van der Waals surface area contributed by atoms with Crippen LogP contribution >= 0.6 is 23.2 Å². The first-order valence-corrected chi connectivity index (χ1v) is 11.4. The quantitative estimate of drug-likeness (QED) is 0.716. The van der Waals surface area contributed by atoms with E-state index >= 15 is 0 Å². The molecule has 0 nitrogen and oxygen atoms in total. The van der Waals surface area contributed by atoms with Crippen molar-refractivity contribution in [2.45, 2.75) is 0 Å². The van der Waals surface area contributed by atoms with E-state index in [1.165, 1.54) is 8.92 Å². The van der Waals surface area contributed by atoms with Gasteiger partial charge in [0.25, 0.3) is 0 Å². The van der Waals surface area contributed by atoms with Gasteiger partial charge in [-0.3, -0.25) is 0 Å². The van der Waals surface area contributed by atoms with Crippen LogP contribution in [0, 0.1) is 0 Å². The van der Waals surface area contributed by atoms with E-state index in [1.54, 1.807) is 0 Å². The summed E-state index contributed by atoms with van der Waals surface area (Å²) >= 11 is 12.8. The second-order valence-corrected chi connectivity index (χ2v) is 10.3. The maximum absolute atomic E-state index is 5.95. The molecule has 0 heterocycles. The molecule has 0 aliphatic rings. The van der Waals surface area contributed by atoms with E-state index in [9.17, 15) is 0 Å². The van der Waals surface area contributed by atoms with Crippen molar-refractivity contribution < 1.29 is 0 Å². The molecule has 0 fully saturated rings. The minimum atomic E-state index is 0.492. The second-order valence-electron chi connectivity index (χ2n) is 3.08. The Bertz CT molecular complexity index is 469. The molecule has 0 saturated heterocycles. The summed E-state index contributed by atoms with van der Waals surface area (Å²) < 4.78 is 2.74.